The van der Waals surface area contributed by atoms with Crippen LogP contribution < -0.4 is 16.0 Å². The van der Waals surface area contributed by atoms with E-state index in [-0.39, 0.29) is 29.0 Å². The van der Waals surface area contributed by atoms with Crippen LogP contribution >= 0.6 is 22.9 Å². The van der Waals surface area contributed by atoms with E-state index in [2.05, 4.69) is 35.7 Å². The highest BCUT2D eigenvalue weighted by Gasteiger charge is 2.47. The van der Waals surface area contributed by atoms with Gasteiger partial charge in [-0.15, -0.1) is 22.9 Å². The number of ether oxygens (including phenoxy) is 2. The Hall–Kier alpha value is -3.26. The monoisotopic (exact) mass is 475 g/mol. The summed E-state index contributed by atoms with van der Waals surface area (Å²) in [5.41, 5.74) is -0.251. The average Bonchev–Trinajstić information content (AvgIpc) is 3.20. The van der Waals surface area contributed by atoms with Crippen LogP contribution in [0, 0.1) is 0 Å². The minimum absolute atomic E-state index is 0.0513. The van der Waals surface area contributed by atoms with Crippen LogP contribution in [0.2, 0.25) is 0 Å². The number of alkyl halides is 1. The molecule has 15 heteroatoms. The van der Waals surface area contributed by atoms with Gasteiger partial charge in [0.15, 0.2) is 23.5 Å². The number of oxime groups is 1. The summed E-state index contributed by atoms with van der Waals surface area (Å²) in [6.45, 7) is 1.07. The summed E-state index contributed by atoms with van der Waals surface area (Å²) in [5, 5.41) is 12.2. The summed E-state index contributed by atoms with van der Waals surface area (Å²) in [6, 6.07) is -2.47. The average molecular weight is 476 g/mol. The number of rotatable bonds is 10. The molecule has 0 aromatic carbocycles. The van der Waals surface area contributed by atoms with Crippen molar-refractivity contribution in [2.75, 3.05) is 31.5 Å². The first-order valence-electron chi connectivity index (χ1n) is 8.67. The maximum atomic E-state index is 12.6. The predicted molar refractivity (Wildman–Crippen MR) is 106 cm³/mol. The maximum Gasteiger partial charge on any atom is 0.344 e. The number of thiazole rings is 1. The van der Waals surface area contributed by atoms with Crippen molar-refractivity contribution in [3.8, 4) is 0 Å². The summed E-state index contributed by atoms with van der Waals surface area (Å²) in [4.78, 5) is 67.8. The van der Waals surface area contributed by atoms with Crippen LogP contribution in [0.3, 0.4) is 0 Å². The molecule has 3 amide bonds. The minimum atomic E-state index is -1.27. The number of esters is 2. The number of β-lactam (4-membered cyclic amide) rings is 1. The van der Waals surface area contributed by atoms with Crippen LogP contribution in [0.5, 0.6) is 0 Å². The fraction of sp³-hybridized carbons (Fsp3) is 0.438. The Morgan fingerprint density at radius 1 is 1.32 bits per heavy atom. The van der Waals surface area contributed by atoms with Crippen LogP contribution in [-0.2, 0) is 38.3 Å². The molecular formula is C16H18ClN5O8S. The van der Waals surface area contributed by atoms with E-state index in [1.807, 2.05) is 0 Å². The molecule has 1 aliphatic rings. The van der Waals surface area contributed by atoms with Crippen molar-refractivity contribution in [3.05, 3.63) is 11.1 Å². The Balaban J connectivity index is 2.03. The molecule has 0 bridgehead atoms. The number of halogens is 1. The molecule has 2 atom stereocenters. The highest BCUT2D eigenvalue weighted by molar-refractivity contribution is 7.14. The first-order valence-corrected chi connectivity index (χ1v) is 10.1. The van der Waals surface area contributed by atoms with Gasteiger partial charge in [-0.05, 0) is 6.92 Å². The van der Waals surface area contributed by atoms with Crippen LogP contribution in [0.15, 0.2) is 10.5 Å². The number of hydrogen-bond donors (Lipinski definition) is 3. The molecule has 0 unspecified atom stereocenters. The highest BCUT2D eigenvalue weighted by atomic mass is 35.5. The van der Waals surface area contributed by atoms with E-state index in [9.17, 15) is 24.0 Å². The van der Waals surface area contributed by atoms with Gasteiger partial charge in [-0.2, -0.15) is 0 Å². The standard InChI is InChI=1S/C16H18ClN5O8S/c1-3-29-9(24)5-30-15(27)12-11(14(26)21-12)20-13(25)10(22-28-2)7-6-31-16(18-7)19-8(23)4-17/h6,11-12H,3-5H2,1-2H3,(H,20,25)(H,21,26)(H,18,19,23)/b22-10-/t11-,12-/m1/s1. The summed E-state index contributed by atoms with van der Waals surface area (Å²) in [7, 11) is 1.20. The van der Waals surface area contributed by atoms with Gasteiger partial charge in [0.05, 0.1) is 6.61 Å². The van der Waals surface area contributed by atoms with Crippen molar-refractivity contribution in [2.24, 2.45) is 5.16 Å². The third-order valence-corrected chi connectivity index (χ3v) is 4.60. The van der Waals surface area contributed by atoms with Crippen LogP contribution in [-0.4, -0.2) is 78.6 Å². The molecule has 0 radical (unpaired) electrons. The van der Waals surface area contributed by atoms with Gasteiger partial charge in [0.1, 0.15) is 24.7 Å². The smallest absolute Gasteiger partial charge is 0.344 e. The normalized spacial score (nSPS) is 17.6. The Bertz CT molecular complexity index is 904. The number of nitrogens with one attached hydrogen (secondary N) is 3. The first kappa shape index (κ1) is 24.0. The lowest BCUT2D eigenvalue weighted by molar-refractivity contribution is -0.163. The zero-order chi connectivity index (χ0) is 23.0. The van der Waals surface area contributed by atoms with E-state index in [0.29, 0.717) is 0 Å². The van der Waals surface area contributed by atoms with Crippen LogP contribution in [0.25, 0.3) is 0 Å². The Kier molecular flexibility index (Phi) is 8.69. The van der Waals surface area contributed by atoms with E-state index in [0.717, 1.165) is 11.3 Å². The largest absolute Gasteiger partial charge is 0.463 e. The second-order valence-electron chi connectivity index (χ2n) is 5.69. The molecule has 1 aromatic rings. The van der Waals surface area contributed by atoms with Crippen LogP contribution in [0.4, 0.5) is 5.13 Å². The van der Waals surface area contributed by atoms with Gasteiger partial charge in [-0.1, -0.05) is 5.16 Å². The number of carbonyl (C=O) groups is 5. The van der Waals surface area contributed by atoms with Gasteiger partial charge in [0, 0.05) is 5.38 Å². The molecule has 2 rings (SSSR count). The molecule has 1 saturated heterocycles. The zero-order valence-electron chi connectivity index (χ0n) is 16.3. The lowest BCUT2D eigenvalue weighted by Crippen LogP contribution is -2.72. The molecule has 1 aliphatic heterocycles. The van der Waals surface area contributed by atoms with Crippen molar-refractivity contribution >= 4 is 63.4 Å². The van der Waals surface area contributed by atoms with Crippen molar-refractivity contribution in [1.82, 2.24) is 15.6 Å². The predicted octanol–water partition coefficient (Wildman–Crippen LogP) is -1.24. The first-order chi connectivity index (χ1) is 14.8. The number of amides is 3. The van der Waals surface area contributed by atoms with Gasteiger partial charge in [0.2, 0.25) is 11.8 Å². The molecule has 168 valence electrons. The summed E-state index contributed by atoms with van der Waals surface area (Å²) in [5.74, 6) is -3.96. The van der Waals surface area contributed by atoms with Crippen LogP contribution in [0.1, 0.15) is 12.6 Å². The maximum absolute atomic E-state index is 12.6. The summed E-state index contributed by atoms with van der Waals surface area (Å²) >= 11 is 6.42. The lowest BCUT2D eigenvalue weighted by Gasteiger charge is -2.34. The molecule has 0 spiro atoms. The lowest BCUT2D eigenvalue weighted by atomic mass is 9.98. The number of nitrogens with zero attached hydrogens (tertiary/aromatic N) is 2. The quantitative estimate of drug-likeness (QED) is 0.123. The Morgan fingerprint density at radius 3 is 2.68 bits per heavy atom. The van der Waals surface area contributed by atoms with Crippen molar-refractivity contribution in [2.45, 2.75) is 19.0 Å². The topological polar surface area (TPSA) is 174 Å². The van der Waals surface area contributed by atoms with Gasteiger partial charge in [-0.25, -0.2) is 14.6 Å². The molecule has 1 aromatic heterocycles. The van der Waals surface area contributed by atoms with E-state index in [1.165, 1.54) is 12.5 Å². The molecule has 31 heavy (non-hydrogen) atoms. The summed E-state index contributed by atoms with van der Waals surface area (Å²) < 4.78 is 9.40. The second kappa shape index (κ2) is 11.2. The minimum Gasteiger partial charge on any atom is -0.463 e. The van der Waals surface area contributed by atoms with Crippen molar-refractivity contribution in [3.63, 3.8) is 0 Å². The Labute approximate surface area is 184 Å². The van der Waals surface area contributed by atoms with E-state index < -0.39 is 48.4 Å². The fourth-order valence-corrected chi connectivity index (χ4v) is 3.02. The summed E-state index contributed by atoms with van der Waals surface area (Å²) in [6.07, 6.45) is 0. The number of hydrogen-bond acceptors (Lipinski definition) is 11. The molecule has 0 saturated carbocycles. The zero-order valence-corrected chi connectivity index (χ0v) is 17.9. The van der Waals surface area contributed by atoms with Gasteiger partial charge < -0.3 is 30.3 Å². The molecule has 13 nitrogen and oxygen atoms in total. The third kappa shape index (κ3) is 6.36. The molecule has 2 heterocycles. The SMILES string of the molecule is CCOC(=O)COC(=O)[C@@H]1NC(=O)[C@@H]1NC(=O)/C(=N\OC)c1csc(NC(=O)CCl)n1. The van der Waals surface area contributed by atoms with E-state index in [1.54, 1.807) is 6.92 Å². The van der Waals surface area contributed by atoms with E-state index in [4.69, 9.17) is 16.3 Å². The van der Waals surface area contributed by atoms with Gasteiger partial charge in [-0.3, -0.25) is 14.4 Å². The number of aromatic nitrogens is 1. The Morgan fingerprint density at radius 2 is 2.06 bits per heavy atom. The third-order valence-electron chi connectivity index (χ3n) is 3.60. The van der Waals surface area contributed by atoms with Crippen molar-refractivity contribution < 1.29 is 38.3 Å². The molecule has 1 fully saturated rings. The van der Waals surface area contributed by atoms with Crippen molar-refractivity contribution in [1.29, 1.82) is 0 Å². The molecule has 0 aliphatic carbocycles. The van der Waals surface area contributed by atoms with Gasteiger partial charge in [0.25, 0.3) is 5.91 Å². The molecular weight excluding hydrogens is 458 g/mol. The number of carbonyl (C=O) groups excluding carboxylic acids is 5. The fourth-order valence-electron chi connectivity index (χ4n) is 2.25. The number of anilines is 1. The highest BCUT2D eigenvalue weighted by Crippen LogP contribution is 2.17. The second-order valence-corrected chi connectivity index (χ2v) is 6.82. The molecule has 3 N–H and O–H groups in total. The van der Waals surface area contributed by atoms with E-state index >= 15 is 0 Å². The van der Waals surface area contributed by atoms with Gasteiger partial charge >= 0.3 is 11.9 Å².